The van der Waals surface area contributed by atoms with Crippen molar-refractivity contribution < 1.29 is 14.4 Å². The maximum absolute atomic E-state index is 11.7. The van der Waals surface area contributed by atoms with E-state index in [2.05, 4.69) is 10.1 Å². The van der Waals surface area contributed by atoms with Crippen LogP contribution in [0.15, 0.2) is 27.5 Å². The van der Waals surface area contributed by atoms with Crippen molar-refractivity contribution in [1.29, 1.82) is 0 Å². The lowest BCUT2D eigenvalue weighted by atomic mass is 10.3. The van der Waals surface area contributed by atoms with Crippen molar-refractivity contribution in [2.75, 3.05) is 0 Å². The van der Waals surface area contributed by atoms with Gasteiger partial charge >= 0.3 is 5.97 Å². The Bertz CT molecular complexity index is 644. The molecule has 7 heteroatoms. The van der Waals surface area contributed by atoms with Gasteiger partial charge in [0.1, 0.15) is 5.69 Å². The van der Waals surface area contributed by atoms with Gasteiger partial charge in [-0.05, 0) is 12.5 Å². The molecule has 0 aliphatic carbocycles. The molecule has 2 aromatic rings. The van der Waals surface area contributed by atoms with Gasteiger partial charge in [-0.25, -0.2) is 4.79 Å². The first-order valence-corrected chi connectivity index (χ1v) is 5.86. The summed E-state index contributed by atoms with van der Waals surface area (Å²) in [5.41, 5.74) is -0.518. The van der Waals surface area contributed by atoms with Crippen LogP contribution >= 0.6 is 0 Å². The largest absolute Gasteiger partial charge is 0.477 e. The minimum atomic E-state index is -1.17. The molecule has 0 aliphatic heterocycles. The molecule has 0 aromatic carbocycles. The van der Waals surface area contributed by atoms with Gasteiger partial charge in [0.25, 0.3) is 5.56 Å². The molecule has 0 atom stereocenters. The molecule has 0 amide bonds. The van der Waals surface area contributed by atoms with E-state index in [1.165, 1.54) is 18.2 Å². The summed E-state index contributed by atoms with van der Waals surface area (Å²) in [6, 6.07) is 4.05. The number of aromatic nitrogens is 3. The van der Waals surface area contributed by atoms with Gasteiger partial charge in [0.05, 0.1) is 6.54 Å². The van der Waals surface area contributed by atoms with E-state index in [1.54, 1.807) is 0 Å². The van der Waals surface area contributed by atoms with Crippen LogP contribution in [0.3, 0.4) is 0 Å². The van der Waals surface area contributed by atoms with Crippen LogP contribution in [0.2, 0.25) is 0 Å². The van der Waals surface area contributed by atoms with E-state index in [-0.39, 0.29) is 12.2 Å². The topological polar surface area (TPSA) is 98.2 Å². The molecule has 0 radical (unpaired) electrons. The van der Waals surface area contributed by atoms with E-state index in [9.17, 15) is 9.59 Å². The Hall–Kier alpha value is -2.44. The number of aromatic carboxylic acids is 1. The highest BCUT2D eigenvalue weighted by Gasteiger charge is 2.13. The lowest BCUT2D eigenvalue weighted by molar-refractivity contribution is 0.0684. The van der Waals surface area contributed by atoms with E-state index in [1.807, 2.05) is 6.92 Å². The molecule has 100 valence electrons. The molecule has 2 heterocycles. The summed E-state index contributed by atoms with van der Waals surface area (Å²) >= 11 is 0. The summed E-state index contributed by atoms with van der Waals surface area (Å²) in [5.74, 6) is -0.396. The number of carboxylic acid groups (broad SMARTS) is 1. The Morgan fingerprint density at radius 2 is 2.26 bits per heavy atom. The van der Waals surface area contributed by atoms with Gasteiger partial charge in [-0.3, -0.25) is 9.36 Å². The zero-order valence-electron chi connectivity index (χ0n) is 10.4. The predicted molar refractivity (Wildman–Crippen MR) is 65.1 cm³/mol. The van der Waals surface area contributed by atoms with Crippen LogP contribution in [-0.2, 0) is 13.0 Å². The second kappa shape index (κ2) is 5.47. The fraction of sp³-hybridized carbons (Fsp3) is 0.333. The van der Waals surface area contributed by atoms with E-state index in [0.717, 1.165) is 11.0 Å². The van der Waals surface area contributed by atoms with Crippen LogP contribution in [0, 0.1) is 0 Å². The first kappa shape index (κ1) is 13.0. The number of hydrogen-bond donors (Lipinski definition) is 1. The molecule has 0 spiro atoms. The maximum Gasteiger partial charge on any atom is 0.352 e. The average molecular weight is 263 g/mol. The van der Waals surface area contributed by atoms with E-state index < -0.39 is 11.5 Å². The van der Waals surface area contributed by atoms with Crippen molar-refractivity contribution >= 4 is 5.97 Å². The summed E-state index contributed by atoms with van der Waals surface area (Å²) < 4.78 is 6.09. The number of carboxylic acids is 1. The summed E-state index contributed by atoms with van der Waals surface area (Å²) in [6.45, 7) is 1.96. The number of rotatable bonds is 5. The molecule has 2 rings (SSSR count). The first-order chi connectivity index (χ1) is 9.11. The van der Waals surface area contributed by atoms with Crippen LogP contribution in [0.1, 0.15) is 35.5 Å². The van der Waals surface area contributed by atoms with Crippen LogP contribution in [0.4, 0.5) is 0 Å². The number of nitrogens with zero attached hydrogens (tertiary/aromatic N) is 3. The third kappa shape index (κ3) is 2.87. The standard InChI is InChI=1S/C12H13N3O4/c1-2-4-10-13-9(14-19-10)7-15-8(12(17)18)5-3-6-11(15)16/h3,5-6H,2,4,7H2,1H3,(H,17,18). The smallest absolute Gasteiger partial charge is 0.352 e. The molecule has 2 aromatic heterocycles. The molecule has 0 saturated heterocycles. The van der Waals surface area contributed by atoms with Gasteiger partial charge in [0.2, 0.25) is 5.89 Å². The van der Waals surface area contributed by atoms with Gasteiger partial charge in [0, 0.05) is 12.5 Å². The minimum absolute atomic E-state index is 0.0193. The Kier molecular flexibility index (Phi) is 3.74. The van der Waals surface area contributed by atoms with Crippen molar-refractivity contribution in [3.63, 3.8) is 0 Å². The van der Waals surface area contributed by atoms with Crippen molar-refractivity contribution in [2.24, 2.45) is 0 Å². The van der Waals surface area contributed by atoms with Crippen molar-refractivity contribution in [3.05, 3.63) is 46.0 Å². The molecule has 0 fully saturated rings. The highest BCUT2D eigenvalue weighted by Crippen LogP contribution is 2.04. The Morgan fingerprint density at radius 3 is 2.95 bits per heavy atom. The zero-order chi connectivity index (χ0) is 13.8. The first-order valence-electron chi connectivity index (χ1n) is 5.86. The van der Waals surface area contributed by atoms with Gasteiger partial charge in [-0.15, -0.1) is 0 Å². The Labute approximate surface area is 108 Å². The van der Waals surface area contributed by atoms with Gasteiger partial charge < -0.3 is 9.63 Å². The van der Waals surface area contributed by atoms with E-state index >= 15 is 0 Å². The zero-order valence-corrected chi connectivity index (χ0v) is 10.4. The number of hydrogen-bond acceptors (Lipinski definition) is 5. The summed E-state index contributed by atoms with van der Waals surface area (Å²) in [6.07, 6.45) is 1.52. The van der Waals surface area contributed by atoms with Crippen LogP contribution in [-0.4, -0.2) is 25.8 Å². The average Bonchev–Trinajstić information content (AvgIpc) is 2.79. The van der Waals surface area contributed by atoms with Gasteiger partial charge in [-0.1, -0.05) is 18.1 Å². The Morgan fingerprint density at radius 1 is 1.47 bits per heavy atom. The molecule has 0 saturated carbocycles. The highest BCUT2D eigenvalue weighted by molar-refractivity contribution is 5.85. The molecular weight excluding hydrogens is 250 g/mol. The van der Waals surface area contributed by atoms with Crippen LogP contribution in [0.25, 0.3) is 0 Å². The lowest BCUT2D eigenvalue weighted by Gasteiger charge is -2.05. The van der Waals surface area contributed by atoms with Crippen LogP contribution < -0.4 is 5.56 Å². The fourth-order valence-electron chi connectivity index (χ4n) is 1.68. The molecule has 19 heavy (non-hydrogen) atoms. The molecule has 0 unspecified atom stereocenters. The minimum Gasteiger partial charge on any atom is -0.477 e. The number of aryl methyl sites for hydroxylation is 1. The second-order valence-corrected chi connectivity index (χ2v) is 3.99. The molecule has 0 aliphatic rings. The van der Waals surface area contributed by atoms with Gasteiger partial charge in [-0.2, -0.15) is 4.98 Å². The summed E-state index contributed by atoms with van der Waals surface area (Å²) in [5, 5.41) is 12.8. The second-order valence-electron chi connectivity index (χ2n) is 3.99. The molecule has 0 bridgehead atoms. The number of carbonyl (C=O) groups is 1. The Balaban J connectivity index is 2.32. The molecule has 1 N–H and O–H groups in total. The normalized spacial score (nSPS) is 10.6. The monoisotopic (exact) mass is 263 g/mol. The van der Waals surface area contributed by atoms with Crippen molar-refractivity contribution in [3.8, 4) is 0 Å². The van der Waals surface area contributed by atoms with Crippen molar-refractivity contribution in [2.45, 2.75) is 26.3 Å². The summed E-state index contributed by atoms with van der Waals surface area (Å²) in [4.78, 5) is 26.8. The quantitative estimate of drug-likeness (QED) is 0.861. The van der Waals surface area contributed by atoms with Crippen molar-refractivity contribution in [1.82, 2.24) is 14.7 Å². The molecule has 7 nitrogen and oxygen atoms in total. The van der Waals surface area contributed by atoms with Gasteiger partial charge in [0.15, 0.2) is 5.82 Å². The van der Waals surface area contributed by atoms with E-state index in [4.69, 9.17) is 9.63 Å². The fourth-order valence-corrected chi connectivity index (χ4v) is 1.68. The summed E-state index contributed by atoms with van der Waals surface area (Å²) in [7, 11) is 0. The third-order valence-corrected chi connectivity index (χ3v) is 2.54. The third-order valence-electron chi connectivity index (χ3n) is 2.54. The maximum atomic E-state index is 11.7. The predicted octanol–water partition coefficient (Wildman–Crippen LogP) is 0.930. The van der Waals surface area contributed by atoms with Crippen LogP contribution in [0.5, 0.6) is 0 Å². The SMILES string of the molecule is CCCc1nc(Cn2c(C(=O)O)cccc2=O)no1. The molecular formula is C12H13N3O4. The lowest BCUT2D eigenvalue weighted by Crippen LogP contribution is -2.25. The highest BCUT2D eigenvalue weighted by atomic mass is 16.5. The number of pyridine rings is 1. The van der Waals surface area contributed by atoms with E-state index in [0.29, 0.717) is 18.1 Å².